The van der Waals surface area contributed by atoms with Crippen molar-refractivity contribution >= 4 is 15.9 Å². The Kier molecular flexibility index (Phi) is 5.57. The summed E-state index contributed by atoms with van der Waals surface area (Å²) >= 11 is 0. The fraction of sp³-hybridized carbons (Fsp3) is 0.714. The molecule has 2 heterocycles. The first-order chi connectivity index (χ1) is 10.3. The van der Waals surface area contributed by atoms with Crippen LogP contribution < -0.4 is 4.72 Å². The Labute approximate surface area is 131 Å². The summed E-state index contributed by atoms with van der Waals surface area (Å²) in [5.41, 5.74) is 1.04. The largest absolute Gasteiger partial charge is 0.338 e. The number of amides is 1. The van der Waals surface area contributed by atoms with E-state index in [-0.39, 0.29) is 11.9 Å². The van der Waals surface area contributed by atoms with E-state index in [1.54, 1.807) is 10.9 Å². The summed E-state index contributed by atoms with van der Waals surface area (Å²) in [6, 6.07) is -0.0372. The normalized spacial score (nSPS) is 19.4. The van der Waals surface area contributed by atoms with E-state index in [2.05, 4.69) is 9.82 Å². The fourth-order valence-electron chi connectivity index (χ4n) is 2.78. The van der Waals surface area contributed by atoms with Crippen molar-refractivity contribution in [3.05, 3.63) is 18.0 Å². The second-order valence-electron chi connectivity index (χ2n) is 5.88. The molecule has 1 aromatic rings. The summed E-state index contributed by atoms with van der Waals surface area (Å²) < 4.78 is 26.7. The van der Waals surface area contributed by atoms with Gasteiger partial charge in [0.25, 0.3) is 0 Å². The monoisotopic (exact) mass is 328 g/mol. The van der Waals surface area contributed by atoms with Gasteiger partial charge in [0.2, 0.25) is 15.9 Å². The molecule has 0 aliphatic carbocycles. The van der Waals surface area contributed by atoms with Crippen LogP contribution in [0.2, 0.25) is 0 Å². The van der Waals surface area contributed by atoms with Crippen LogP contribution in [0, 0.1) is 0 Å². The molecular formula is C14H24N4O3S. The Bertz CT molecular complexity index is 611. The van der Waals surface area contributed by atoms with Crippen LogP contribution >= 0.6 is 0 Å². The Balaban J connectivity index is 1.90. The lowest BCUT2D eigenvalue weighted by Crippen LogP contribution is -2.49. The van der Waals surface area contributed by atoms with Gasteiger partial charge in [0.1, 0.15) is 0 Å². The molecule has 0 spiro atoms. The third-order valence-corrected chi connectivity index (χ3v) is 4.61. The minimum Gasteiger partial charge on any atom is -0.338 e. The summed E-state index contributed by atoms with van der Waals surface area (Å²) in [5.74, 6) is 0.0869. The fourth-order valence-corrected chi connectivity index (χ4v) is 3.28. The van der Waals surface area contributed by atoms with Crippen molar-refractivity contribution in [2.45, 2.75) is 38.1 Å². The second-order valence-corrected chi connectivity index (χ2v) is 7.71. The van der Waals surface area contributed by atoms with Gasteiger partial charge in [-0.2, -0.15) is 5.10 Å². The molecule has 7 nitrogen and oxygen atoms in total. The lowest BCUT2D eigenvalue weighted by Gasteiger charge is -2.36. The minimum atomic E-state index is -3.22. The van der Waals surface area contributed by atoms with Crippen molar-refractivity contribution in [1.29, 1.82) is 0 Å². The van der Waals surface area contributed by atoms with Crippen LogP contribution in [0.1, 0.15) is 31.2 Å². The van der Waals surface area contributed by atoms with E-state index < -0.39 is 10.0 Å². The number of hydrogen-bond acceptors (Lipinski definition) is 4. The molecule has 1 amide bonds. The molecule has 1 aliphatic heterocycles. The molecule has 22 heavy (non-hydrogen) atoms. The van der Waals surface area contributed by atoms with E-state index in [1.807, 2.05) is 18.1 Å². The number of aryl methyl sites for hydroxylation is 2. The number of hydrogen-bond donors (Lipinski definition) is 1. The lowest BCUT2D eigenvalue weighted by atomic mass is 10.0. The summed E-state index contributed by atoms with van der Waals surface area (Å²) in [4.78, 5) is 14.3. The summed E-state index contributed by atoms with van der Waals surface area (Å²) in [7, 11) is -1.37. The zero-order valence-corrected chi connectivity index (χ0v) is 14.0. The van der Waals surface area contributed by atoms with Gasteiger partial charge in [0, 0.05) is 38.8 Å². The number of piperidine rings is 1. The van der Waals surface area contributed by atoms with Gasteiger partial charge in [-0.3, -0.25) is 9.48 Å². The molecule has 0 aromatic carbocycles. The van der Waals surface area contributed by atoms with Gasteiger partial charge in [-0.15, -0.1) is 0 Å². The first-order valence-electron chi connectivity index (χ1n) is 7.57. The summed E-state index contributed by atoms with van der Waals surface area (Å²) in [5, 5.41) is 4.09. The van der Waals surface area contributed by atoms with Crippen molar-refractivity contribution in [3.8, 4) is 0 Å². The van der Waals surface area contributed by atoms with E-state index in [0.29, 0.717) is 25.9 Å². The number of sulfonamides is 1. The van der Waals surface area contributed by atoms with Crippen LogP contribution in [0.5, 0.6) is 0 Å². The highest BCUT2D eigenvalue weighted by molar-refractivity contribution is 7.88. The number of nitrogens with zero attached hydrogens (tertiary/aromatic N) is 3. The number of carbonyl (C=O) groups excluding carboxylic acids is 1. The van der Waals surface area contributed by atoms with E-state index in [4.69, 9.17) is 0 Å². The average molecular weight is 328 g/mol. The molecule has 1 aromatic heterocycles. The quantitative estimate of drug-likeness (QED) is 0.813. The maximum absolute atomic E-state index is 12.4. The van der Waals surface area contributed by atoms with Crippen LogP contribution in [0.15, 0.2) is 12.4 Å². The van der Waals surface area contributed by atoms with Crippen LogP contribution in [0.25, 0.3) is 0 Å². The Morgan fingerprint density at radius 2 is 2.23 bits per heavy atom. The van der Waals surface area contributed by atoms with Crippen molar-refractivity contribution in [1.82, 2.24) is 19.4 Å². The molecule has 124 valence electrons. The highest BCUT2D eigenvalue weighted by atomic mass is 32.2. The van der Waals surface area contributed by atoms with Gasteiger partial charge < -0.3 is 4.90 Å². The van der Waals surface area contributed by atoms with Crippen LogP contribution in [0.3, 0.4) is 0 Å². The van der Waals surface area contributed by atoms with Crippen LogP contribution in [-0.2, 0) is 28.3 Å². The average Bonchev–Trinajstić information content (AvgIpc) is 2.88. The molecule has 1 atom stereocenters. The van der Waals surface area contributed by atoms with Gasteiger partial charge in [0.05, 0.1) is 12.5 Å². The van der Waals surface area contributed by atoms with Crippen LogP contribution in [-0.4, -0.2) is 54.4 Å². The third kappa shape index (κ3) is 5.10. The molecule has 0 saturated carbocycles. The maximum atomic E-state index is 12.4. The predicted molar refractivity (Wildman–Crippen MR) is 83.7 cm³/mol. The number of aromatic nitrogens is 2. The number of nitrogens with one attached hydrogen (secondary N) is 1. The second kappa shape index (κ2) is 7.23. The molecule has 0 bridgehead atoms. The molecule has 1 saturated heterocycles. The van der Waals surface area contributed by atoms with Crippen molar-refractivity contribution < 1.29 is 13.2 Å². The van der Waals surface area contributed by atoms with Gasteiger partial charge in [0.15, 0.2) is 0 Å². The number of rotatable bonds is 6. The molecule has 1 fully saturated rings. The van der Waals surface area contributed by atoms with Gasteiger partial charge in [-0.05, 0) is 31.2 Å². The molecule has 1 N–H and O–H groups in total. The summed E-state index contributed by atoms with van der Waals surface area (Å²) in [6.07, 6.45) is 8.77. The highest BCUT2D eigenvalue weighted by Gasteiger charge is 2.26. The van der Waals surface area contributed by atoms with Gasteiger partial charge in [-0.25, -0.2) is 13.1 Å². The third-order valence-electron chi connectivity index (χ3n) is 3.91. The zero-order chi connectivity index (χ0) is 16.2. The van der Waals surface area contributed by atoms with Crippen molar-refractivity contribution in [2.24, 2.45) is 7.05 Å². The Morgan fingerprint density at radius 3 is 2.86 bits per heavy atom. The predicted octanol–water partition coefficient (Wildman–Crippen LogP) is 0.283. The van der Waals surface area contributed by atoms with Crippen molar-refractivity contribution in [2.75, 3.05) is 19.3 Å². The van der Waals surface area contributed by atoms with Crippen LogP contribution in [0.4, 0.5) is 0 Å². The number of carbonyl (C=O) groups is 1. The topological polar surface area (TPSA) is 84.3 Å². The van der Waals surface area contributed by atoms with E-state index in [9.17, 15) is 13.2 Å². The zero-order valence-electron chi connectivity index (χ0n) is 13.2. The molecule has 0 radical (unpaired) electrons. The standard InChI is InChI=1S/C14H24N4O3S/c1-17-11-12(9-15-17)6-7-14(19)18-8-4-3-5-13(18)10-16-22(2,20)21/h9,11,13,16H,3-8,10H2,1-2H3. The SMILES string of the molecule is Cn1cc(CCC(=O)N2CCCCC2CNS(C)(=O)=O)cn1. The Morgan fingerprint density at radius 1 is 1.45 bits per heavy atom. The minimum absolute atomic E-state index is 0.0372. The molecule has 2 rings (SSSR count). The molecule has 1 aliphatic rings. The first-order valence-corrected chi connectivity index (χ1v) is 9.46. The molecular weight excluding hydrogens is 304 g/mol. The van der Waals surface area contributed by atoms with E-state index in [0.717, 1.165) is 31.1 Å². The number of likely N-dealkylation sites (tertiary alicyclic amines) is 1. The smallest absolute Gasteiger partial charge is 0.223 e. The highest BCUT2D eigenvalue weighted by Crippen LogP contribution is 2.18. The Hall–Kier alpha value is -1.41. The molecule has 8 heteroatoms. The maximum Gasteiger partial charge on any atom is 0.223 e. The van der Waals surface area contributed by atoms with E-state index in [1.165, 1.54) is 0 Å². The molecule has 1 unspecified atom stereocenters. The first kappa shape index (κ1) is 17.0. The lowest BCUT2D eigenvalue weighted by molar-refractivity contribution is -0.134. The van der Waals surface area contributed by atoms with E-state index >= 15 is 0 Å². The van der Waals surface area contributed by atoms with Crippen molar-refractivity contribution in [3.63, 3.8) is 0 Å². The van der Waals surface area contributed by atoms with Gasteiger partial charge in [-0.1, -0.05) is 0 Å². The summed E-state index contributed by atoms with van der Waals surface area (Å²) in [6.45, 7) is 1.01. The van der Waals surface area contributed by atoms with Gasteiger partial charge >= 0.3 is 0 Å².